The number of aromatic nitrogens is 1. The third kappa shape index (κ3) is 11.1. The highest BCUT2D eigenvalue weighted by molar-refractivity contribution is 6.09. The fourth-order valence-electron chi connectivity index (χ4n) is 6.20. The van der Waals surface area contributed by atoms with Crippen molar-refractivity contribution in [1.82, 2.24) is 25.4 Å². The summed E-state index contributed by atoms with van der Waals surface area (Å²) in [6.07, 6.45) is -3.92. The Morgan fingerprint density at radius 2 is 1.63 bits per heavy atom. The zero-order chi connectivity index (χ0) is 40.0. The van der Waals surface area contributed by atoms with Crippen molar-refractivity contribution in [3.05, 3.63) is 64.9 Å². The fraction of sp³-hybridized carbons (Fsp3) is 0.514. The molecular formula is C37H46F5N5O7. The summed E-state index contributed by atoms with van der Waals surface area (Å²) < 4.78 is 85.7. The zero-order valence-corrected chi connectivity index (χ0v) is 31.0. The predicted molar refractivity (Wildman–Crippen MR) is 188 cm³/mol. The summed E-state index contributed by atoms with van der Waals surface area (Å²) in [6, 6.07) is 5.13. The minimum atomic E-state index is -5.09. The number of hydrogen-bond acceptors (Lipinski definition) is 7. The number of halogens is 5. The van der Waals surface area contributed by atoms with E-state index in [4.69, 9.17) is 9.47 Å². The quantitative estimate of drug-likeness (QED) is 0.188. The maximum absolute atomic E-state index is 15.1. The molecule has 1 unspecified atom stereocenters. The normalized spacial score (nSPS) is 14.6. The van der Waals surface area contributed by atoms with Gasteiger partial charge in [0, 0.05) is 39.5 Å². The SMILES string of the molecule is COCCn1cc(C(=O)N2CCC(c3cc(CNC(=O)CNC(=O)C(NC(=O)OC(C)(C)C)C(C)C)ccc3F)CC2)c2c(OC(F)(F)F)ccc(F)c21. The highest BCUT2D eigenvalue weighted by atomic mass is 19.4. The van der Waals surface area contributed by atoms with Gasteiger partial charge in [0.1, 0.15) is 29.0 Å². The van der Waals surface area contributed by atoms with Crippen LogP contribution in [0.15, 0.2) is 36.5 Å². The molecule has 4 amide bonds. The van der Waals surface area contributed by atoms with Crippen molar-refractivity contribution in [1.29, 1.82) is 0 Å². The Morgan fingerprint density at radius 1 is 0.963 bits per heavy atom. The lowest BCUT2D eigenvalue weighted by Crippen LogP contribution is -2.52. The number of alkyl halides is 3. The van der Waals surface area contributed by atoms with Crippen molar-refractivity contribution in [3.63, 3.8) is 0 Å². The maximum atomic E-state index is 15.1. The van der Waals surface area contributed by atoms with E-state index in [9.17, 15) is 32.3 Å². The molecule has 2 heterocycles. The lowest BCUT2D eigenvalue weighted by atomic mass is 9.88. The van der Waals surface area contributed by atoms with Crippen molar-refractivity contribution in [2.45, 2.75) is 84.5 Å². The van der Waals surface area contributed by atoms with Crippen molar-refractivity contribution in [3.8, 4) is 5.75 Å². The molecule has 2 aromatic carbocycles. The van der Waals surface area contributed by atoms with E-state index >= 15 is 8.78 Å². The second-order valence-electron chi connectivity index (χ2n) is 14.3. The lowest BCUT2D eigenvalue weighted by molar-refractivity contribution is -0.274. The number of nitrogens with zero attached hydrogens (tertiary/aromatic N) is 2. The number of amides is 4. The monoisotopic (exact) mass is 767 g/mol. The summed E-state index contributed by atoms with van der Waals surface area (Å²) in [6.45, 7) is 8.62. The van der Waals surface area contributed by atoms with Crippen molar-refractivity contribution in [2.75, 3.05) is 33.4 Å². The molecule has 12 nitrogen and oxygen atoms in total. The van der Waals surface area contributed by atoms with Crippen molar-refractivity contribution < 1.29 is 55.3 Å². The molecule has 296 valence electrons. The van der Waals surface area contributed by atoms with Gasteiger partial charge in [-0.15, -0.1) is 13.2 Å². The number of likely N-dealkylation sites (tertiary alicyclic amines) is 1. The van der Waals surface area contributed by atoms with Crippen LogP contribution in [0.25, 0.3) is 10.9 Å². The van der Waals surface area contributed by atoms with E-state index in [1.54, 1.807) is 40.7 Å². The molecule has 0 spiro atoms. The van der Waals surface area contributed by atoms with Gasteiger partial charge < -0.3 is 39.6 Å². The van der Waals surface area contributed by atoms with Gasteiger partial charge in [0.25, 0.3) is 5.91 Å². The average Bonchev–Trinajstić information content (AvgIpc) is 3.48. The first-order valence-corrected chi connectivity index (χ1v) is 17.5. The van der Waals surface area contributed by atoms with Gasteiger partial charge in [0.2, 0.25) is 11.8 Å². The lowest BCUT2D eigenvalue weighted by Gasteiger charge is -2.32. The van der Waals surface area contributed by atoms with Crippen LogP contribution in [0.5, 0.6) is 5.75 Å². The molecule has 3 aromatic rings. The van der Waals surface area contributed by atoms with Crippen molar-refractivity contribution in [2.24, 2.45) is 5.92 Å². The van der Waals surface area contributed by atoms with Crippen LogP contribution in [-0.2, 0) is 32.2 Å². The first kappa shape index (κ1) is 41.8. The second-order valence-corrected chi connectivity index (χ2v) is 14.3. The summed E-state index contributed by atoms with van der Waals surface area (Å²) in [5, 5.41) is 7.39. The van der Waals surface area contributed by atoms with Crippen LogP contribution >= 0.6 is 0 Å². The van der Waals surface area contributed by atoms with Crippen molar-refractivity contribution >= 4 is 34.7 Å². The van der Waals surface area contributed by atoms with Gasteiger partial charge in [-0.3, -0.25) is 14.4 Å². The molecule has 1 aromatic heterocycles. The maximum Gasteiger partial charge on any atom is 0.573 e. The minimum Gasteiger partial charge on any atom is -0.444 e. The first-order chi connectivity index (χ1) is 25.3. The van der Waals surface area contributed by atoms with E-state index in [0.29, 0.717) is 24.0 Å². The van der Waals surface area contributed by atoms with Crippen LogP contribution in [0.3, 0.4) is 0 Å². The second kappa shape index (κ2) is 17.5. The average molecular weight is 768 g/mol. The molecule has 0 bridgehead atoms. The molecule has 4 rings (SSSR count). The number of hydrogen-bond donors (Lipinski definition) is 3. The third-order valence-corrected chi connectivity index (χ3v) is 8.74. The Kier molecular flexibility index (Phi) is 13.5. The Bertz CT molecular complexity index is 1830. The molecule has 1 fully saturated rings. The number of rotatable bonds is 13. The predicted octanol–water partition coefficient (Wildman–Crippen LogP) is 5.77. The molecule has 3 N–H and O–H groups in total. The highest BCUT2D eigenvalue weighted by Gasteiger charge is 2.35. The Morgan fingerprint density at radius 3 is 2.24 bits per heavy atom. The van der Waals surface area contributed by atoms with Gasteiger partial charge in [-0.2, -0.15) is 0 Å². The van der Waals surface area contributed by atoms with Gasteiger partial charge >= 0.3 is 12.5 Å². The summed E-state index contributed by atoms with van der Waals surface area (Å²) in [5.41, 5.74) is -0.206. The molecule has 1 aliphatic rings. The molecular weight excluding hydrogens is 721 g/mol. The number of alkyl carbamates (subject to hydrolysis) is 1. The molecule has 17 heteroatoms. The number of piperidine rings is 1. The molecule has 1 saturated heterocycles. The van der Waals surface area contributed by atoms with Gasteiger partial charge in [-0.1, -0.05) is 26.0 Å². The standard InChI is InChI=1S/C37H46F5N5O7/c1-21(2)31(45-35(51)54-36(3,4)5)33(49)44-19-29(48)43-18-22-7-8-26(38)24(17-22)23-11-13-46(14-12-23)34(50)25-20-47(15-16-52-6)32-27(39)9-10-28(30(25)32)53-37(40,41)42/h7-10,17,20-21,23,31H,11-16,18-19H2,1-6H3,(H,43,48)(H,44,49)(H,45,51). The number of benzene rings is 2. The van der Waals surface area contributed by atoms with E-state index in [1.807, 2.05) is 0 Å². The van der Waals surface area contributed by atoms with Gasteiger partial charge in [0.15, 0.2) is 0 Å². The van der Waals surface area contributed by atoms with Gasteiger partial charge in [-0.25, -0.2) is 13.6 Å². The molecule has 0 aliphatic carbocycles. The molecule has 1 aliphatic heterocycles. The van der Waals surface area contributed by atoms with Crippen LogP contribution in [0.4, 0.5) is 26.7 Å². The number of nitrogens with one attached hydrogen (secondary N) is 3. The number of methoxy groups -OCH3 is 1. The summed E-state index contributed by atoms with van der Waals surface area (Å²) in [5.74, 6) is -4.37. The van der Waals surface area contributed by atoms with E-state index < -0.39 is 59.2 Å². The highest BCUT2D eigenvalue weighted by Crippen LogP contribution is 2.38. The van der Waals surface area contributed by atoms with Crippen LogP contribution in [-0.4, -0.2) is 84.6 Å². The number of ether oxygens (including phenoxy) is 3. The topological polar surface area (TPSA) is 140 Å². The van der Waals surface area contributed by atoms with E-state index in [-0.39, 0.29) is 67.6 Å². The number of carbonyl (C=O) groups excluding carboxylic acids is 4. The Hall–Kier alpha value is -4.93. The van der Waals surface area contributed by atoms with E-state index in [2.05, 4.69) is 20.7 Å². The molecule has 54 heavy (non-hydrogen) atoms. The third-order valence-electron chi connectivity index (χ3n) is 8.74. The smallest absolute Gasteiger partial charge is 0.444 e. The summed E-state index contributed by atoms with van der Waals surface area (Å²) in [4.78, 5) is 52.7. The van der Waals surface area contributed by atoms with Gasteiger partial charge in [0.05, 0.1) is 29.6 Å². The van der Waals surface area contributed by atoms with E-state index in [0.717, 1.165) is 12.1 Å². The number of carbonyl (C=O) groups is 4. The van der Waals surface area contributed by atoms with Crippen LogP contribution in [0.1, 0.15) is 74.9 Å². The van der Waals surface area contributed by atoms with Gasteiger partial charge in [-0.05, 0) is 74.8 Å². The Balaban J connectivity index is 1.38. The largest absolute Gasteiger partial charge is 0.573 e. The zero-order valence-electron chi connectivity index (χ0n) is 31.0. The van der Waals surface area contributed by atoms with Crippen LogP contribution in [0, 0.1) is 17.6 Å². The fourth-order valence-corrected chi connectivity index (χ4v) is 6.20. The molecule has 1 atom stereocenters. The summed E-state index contributed by atoms with van der Waals surface area (Å²) in [7, 11) is 1.41. The summed E-state index contributed by atoms with van der Waals surface area (Å²) >= 11 is 0. The van der Waals surface area contributed by atoms with Crippen LogP contribution in [0.2, 0.25) is 0 Å². The van der Waals surface area contributed by atoms with Crippen LogP contribution < -0.4 is 20.7 Å². The molecule has 0 radical (unpaired) electrons. The first-order valence-electron chi connectivity index (χ1n) is 17.5. The van der Waals surface area contributed by atoms with E-state index in [1.165, 1.54) is 34.9 Å². The number of fused-ring (bicyclic) bond motifs is 1. The molecule has 0 saturated carbocycles. The Labute approximate surface area is 309 Å². The minimum absolute atomic E-state index is 0.0229.